The van der Waals surface area contributed by atoms with E-state index in [1.807, 2.05) is 37.6 Å². The minimum atomic E-state index is -0.545. The van der Waals surface area contributed by atoms with Gasteiger partial charge in [-0.3, -0.25) is 9.48 Å². The standard InChI is InChI=1S/C20H22N4O3S/c1-12-17-13(19(25)24-9-5-4-7-15(24)20(26)27-3)11-14(16-8-6-10-28-16)21-18(17)23(2)22-12/h6,8,10-11,15H,4-5,7,9H2,1-3H3. The Morgan fingerprint density at radius 3 is 2.86 bits per heavy atom. The first-order chi connectivity index (χ1) is 13.5. The van der Waals surface area contributed by atoms with Crippen LogP contribution in [0.25, 0.3) is 21.6 Å². The van der Waals surface area contributed by atoms with Crippen LogP contribution in [0.15, 0.2) is 23.6 Å². The van der Waals surface area contributed by atoms with E-state index < -0.39 is 6.04 Å². The summed E-state index contributed by atoms with van der Waals surface area (Å²) < 4.78 is 6.64. The molecule has 4 rings (SSSR count). The summed E-state index contributed by atoms with van der Waals surface area (Å²) in [5.41, 5.74) is 2.69. The number of fused-ring (bicyclic) bond motifs is 1. The van der Waals surface area contributed by atoms with E-state index in [0.29, 0.717) is 24.2 Å². The Labute approximate surface area is 166 Å². The number of aryl methyl sites for hydroxylation is 2. The fourth-order valence-corrected chi connectivity index (χ4v) is 4.56. The number of likely N-dealkylation sites (tertiary alicyclic amines) is 1. The van der Waals surface area contributed by atoms with Crippen molar-refractivity contribution >= 4 is 34.2 Å². The molecule has 0 saturated carbocycles. The molecule has 1 atom stereocenters. The number of pyridine rings is 1. The number of rotatable bonds is 3. The minimum Gasteiger partial charge on any atom is -0.467 e. The van der Waals surface area contributed by atoms with Gasteiger partial charge >= 0.3 is 5.97 Å². The lowest BCUT2D eigenvalue weighted by Crippen LogP contribution is -2.48. The average molecular weight is 398 g/mol. The van der Waals surface area contributed by atoms with E-state index in [0.717, 1.165) is 34.5 Å². The number of hydrogen-bond acceptors (Lipinski definition) is 6. The van der Waals surface area contributed by atoms with Crippen LogP contribution in [0.1, 0.15) is 35.3 Å². The zero-order chi connectivity index (χ0) is 19.8. The van der Waals surface area contributed by atoms with Gasteiger partial charge in [0.2, 0.25) is 0 Å². The number of carbonyl (C=O) groups is 2. The minimum absolute atomic E-state index is 0.170. The molecule has 1 amide bonds. The van der Waals surface area contributed by atoms with Crippen LogP contribution >= 0.6 is 11.3 Å². The van der Waals surface area contributed by atoms with Crippen molar-refractivity contribution in [3.05, 3.63) is 34.8 Å². The van der Waals surface area contributed by atoms with Crippen molar-refractivity contribution in [3.8, 4) is 10.6 Å². The molecule has 0 radical (unpaired) electrons. The van der Waals surface area contributed by atoms with Crippen LogP contribution in [0.5, 0.6) is 0 Å². The number of ether oxygens (including phenoxy) is 1. The Morgan fingerprint density at radius 2 is 2.14 bits per heavy atom. The maximum atomic E-state index is 13.6. The molecule has 0 N–H and O–H groups in total. The monoisotopic (exact) mass is 398 g/mol. The molecule has 0 aliphatic carbocycles. The van der Waals surface area contributed by atoms with Crippen LogP contribution < -0.4 is 0 Å². The Bertz CT molecular complexity index is 1040. The number of piperidine rings is 1. The zero-order valence-electron chi connectivity index (χ0n) is 16.1. The number of methoxy groups -OCH3 is 1. The highest BCUT2D eigenvalue weighted by atomic mass is 32.1. The quantitative estimate of drug-likeness (QED) is 0.634. The van der Waals surface area contributed by atoms with Gasteiger partial charge in [-0.05, 0) is 43.7 Å². The Morgan fingerprint density at radius 1 is 1.32 bits per heavy atom. The van der Waals surface area contributed by atoms with Crippen molar-refractivity contribution in [2.24, 2.45) is 7.05 Å². The summed E-state index contributed by atoms with van der Waals surface area (Å²) in [6.45, 7) is 2.41. The number of nitrogens with zero attached hydrogens (tertiary/aromatic N) is 4. The summed E-state index contributed by atoms with van der Waals surface area (Å²) in [7, 11) is 3.19. The number of aromatic nitrogens is 3. The molecule has 0 bridgehead atoms. The molecule has 0 spiro atoms. The maximum absolute atomic E-state index is 13.6. The van der Waals surface area contributed by atoms with Gasteiger partial charge in [0.05, 0.1) is 34.3 Å². The Balaban J connectivity index is 1.86. The van der Waals surface area contributed by atoms with Gasteiger partial charge in [0.25, 0.3) is 5.91 Å². The van der Waals surface area contributed by atoms with Gasteiger partial charge in [-0.1, -0.05) is 6.07 Å². The molecular weight excluding hydrogens is 376 g/mol. The van der Waals surface area contributed by atoms with Crippen molar-refractivity contribution in [1.29, 1.82) is 0 Å². The van der Waals surface area contributed by atoms with E-state index >= 15 is 0 Å². The van der Waals surface area contributed by atoms with Crippen LogP contribution in [0.4, 0.5) is 0 Å². The number of carbonyl (C=O) groups excluding carboxylic acids is 2. The molecule has 1 aliphatic heterocycles. The molecule has 7 nitrogen and oxygen atoms in total. The first-order valence-electron chi connectivity index (χ1n) is 9.28. The highest BCUT2D eigenvalue weighted by Crippen LogP contribution is 2.31. The van der Waals surface area contributed by atoms with Crippen LogP contribution in [0, 0.1) is 6.92 Å². The predicted octanol–water partition coefficient (Wildman–Crippen LogP) is 3.17. The zero-order valence-corrected chi connectivity index (χ0v) is 17.0. The van der Waals surface area contributed by atoms with Crippen LogP contribution in [0.2, 0.25) is 0 Å². The van der Waals surface area contributed by atoms with Gasteiger partial charge in [0.15, 0.2) is 5.65 Å². The lowest BCUT2D eigenvalue weighted by molar-refractivity contribution is -0.147. The van der Waals surface area contributed by atoms with Gasteiger partial charge in [0, 0.05) is 13.6 Å². The summed E-state index contributed by atoms with van der Waals surface area (Å²) in [5.74, 6) is -0.531. The number of amides is 1. The van der Waals surface area contributed by atoms with E-state index in [4.69, 9.17) is 9.72 Å². The molecule has 1 fully saturated rings. The van der Waals surface area contributed by atoms with Gasteiger partial charge in [0.1, 0.15) is 6.04 Å². The normalized spacial score (nSPS) is 17.1. The molecule has 1 saturated heterocycles. The molecule has 8 heteroatoms. The summed E-state index contributed by atoms with van der Waals surface area (Å²) in [6, 6.07) is 5.22. The Kier molecular flexibility index (Phi) is 4.89. The smallest absolute Gasteiger partial charge is 0.328 e. The maximum Gasteiger partial charge on any atom is 0.328 e. The third-order valence-electron chi connectivity index (χ3n) is 5.21. The lowest BCUT2D eigenvalue weighted by atomic mass is 9.99. The Hall–Kier alpha value is -2.74. The summed E-state index contributed by atoms with van der Waals surface area (Å²) in [5, 5.41) is 7.19. The third-order valence-corrected chi connectivity index (χ3v) is 6.10. The number of hydrogen-bond donors (Lipinski definition) is 0. The van der Waals surface area contributed by atoms with Crippen LogP contribution in [-0.2, 0) is 16.6 Å². The van der Waals surface area contributed by atoms with Crippen molar-refractivity contribution in [2.75, 3.05) is 13.7 Å². The van der Waals surface area contributed by atoms with E-state index in [1.54, 1.807) is 20.9 Å². The average Bonchev–Trinajstić information content (AvgIpc) is 3.35. The largest absolute Gasteiger partial charge is 0.467 e. The third kappa shape index (κ3) is 3.07. The van der Waals surface area contributed by atoms with E-state index in [1.165, 1.54) is 7.11 Å². The molecule has 0 aromatic carbocycles. The summed E-state index contributed by atoms with van der Waals surface area (Å²) >= 11 is 1.57. The molecule has 28 heavy (non-hydrogen) atoms. The molecule has 1 aliphatic rings. The van der Waals surface area contributed by atoms with E-state index in [2.05, 4.69) is 5.10 Å². The van der Waals surface area contributed by atoms with Crippen LogP contribution in [0.3, 0.4) is 0 Å². The highest BCUT2D eigenvalue weighted by Gasteiger charge is 2.35. The van der Waals surface area contributed by atoms with Crippen molar-refractivity contribution in [2.45, 2.75) is 32.2 Å². The first kappa shape index (κ1) is 18.6. The molecular formula is C20H22N4O3S. The highest BCUT2D eigenvalue weighted by molar-refractivity contribution is 7.13. The summed E-state index contributed by atoms with van der Waals surface area (Å²) in [6.07, 6.45) is 2.40. The van der Waals surface area contributed by atoms with Gasteiger partial charge in [-0.25, -0.2) is 9.78 Å². The molecule has 3 aromatic heterocycles. The van der Waals surface area contributed by atoms with Crippen molar-refractivity contribution in [1.82, 2.24) is 19.7 Å². The number of esters is 1. The van der Waals surface area contributed by atoms with Crippen molar-refractivity contribution < 1.29 is 14.3 Å². The molecule has 1 unspecified atom stereocenters. The van der Waals surface area contributed by atoms with E-state index in [9.17, 15) is 9.59 Å². The van der Waals surface area contributed by atoms with Gasteiger partial charge < -0.3 is 9.64 Å². The fraction of sp³-hybridized carbons (Fsp3) is 0.400. The number of thiophene rings is 1. The lowest BCUT2D eigenvalue weighted by Gasteiger charge is -2.34. The van der Waals surface area contributed by atoms with Gasteiger partial charge in [-0.15, -0.1) is 11.3 Å². The van der Waals surface area contributed by atoms with E-state index in [-0.39, 0.29) is 11.9 Å². The van der Waals surface area contributed by atoms with Crippen LogP contribution in [-0.4, -0.2) is 51.2 Å². The molecule has 3 aromatic rings. The fourth-order valence-electron chi connectivity index (χ4n) is 3.87. The topological polar surface area (TPSA) is 77.3 Å². The van der Waals surface area contributed by atoms with Crippen molar-refractivity contribution in [3.63, 3.8) is 0 Å². The predicted molar refractivity (Wildman–Crippen MR) is 107 cm³/mol. The van der Waals surface area contributed by atoms with Gasteiger partial charge in [-0.2, -0.15) is 5.10 Å². The SMILES string of the molecule is COC(=O)C1CCCCN1C(=O)c1cc(-c2cccs2)nc2c1c(C)nn2C. The second-order valence-corrected chi connectivity index (χ2v) is 7.92. The molecule has 146 valence electrons. The second-order valence-electron chi connectivity index (χ2n) is 6.97. The first-order valence-corrected chi connectivity index (χ1v) is 10.2. The second kappa shape index (κ2) is 7.35. The summed E-state index contributed by atoms with van der Waals surface area (Å²) in [4.78, 5) is 33.2. The molecule has 4 heterocycles.